The first-order chi connectivity index (χ1) is 7.77. The average Bonchev–Trinajstić information content (AvgIpc) is 2.34. The molecule has 0 fully saturated rings. The van der Waals surface area contributed by atoms with E-state index in [-0.39, 0.29) is 0 Å². The number of rotatable bonds is 6. The molecule has 0 aliphatic carbocycles. The van der Waals surface area contributed by atoms with E-state index in [2.05, 4.69) is 10.0 Å². The monoisotopic (exact) mass is 221 g/mol. The minimum absolute atomic E-state index is 0.420. The summed E-state index contributed by atoms with van der Waals surface area (Å²) < 4.78 is 5.03. The molecule has 1 atom stereocenters. The number of aliphatic hydroxyl groups excluding tert-OH is 1. The second-order valence-electron chi connectivity index (χ2n) is 3.39. The number of aliphatic hydroxyl groups is 1. The molecule has 1 unspecified atom stereocenters. The smallest absolute Gasteiger partial charge is 0.118 e. The molecule has 0 bridgehead atoms. The van der Waals surface area contributed by atoms with E-state index in [1.807, 2.05) is 24.3 Å². The van der Waals surface area contributed by atoms with E-state index in [0.717, 1.165) is 11.3 Å². The summed E-state index contributed by atoms with van der Waals surface area (Å²) in [5.74, 6) is 0.769. The summed E-state index contributed by atoms with van der Waals surface area (Å²) in [6.45, 7) is 0.420. The van der Waals surface area contributed by atoms with Crippen LogP contribution in [0, 0.1) is 0 Å². The summed E-state index contributed by atoms with van der Waals surface area (Å²) in [7, 11) is 1.60. The second-order valence-corrected chi connectivity index (χ2v) is 3.39. The van der Waals surface area contributed by atoms with Crippen molar-refractivity contribution in [1.29, 1.82) is 0 Å². The first kappa shape index (κ1) is 12.4. The number of hydrogen-bond acceptors (Lipinski definition) is 3. The molecular weight excluding hydrogens is 206 g/mol. The van der Waals surface area contributed by atoms with Gasteiger partial charge in [-0.25, -0.2) is 0 Å². The van der Waals surface area contributed by atoms with E-state index >= 15 is 0 Å². The van der Waals surface area contributed by atoms with Gasteiger partial charge in [-0.3, -0.25) is 0 Å². The molecule has 5 nitrogen and oxygen atoms in total. The Kier molecular flexibility index (Phi) is 5.19. The van der Waals surface area contributed by atoms with Crippen LogP contribution in [0.4, 0.5) is 0 Å². The lowest BCUT2D eigenvalue weighted by Crippen LogP contribution is -1.98. The standard InChI is InChI=1S/C11H15N3O2/c1-16-10-6-4-9(5-7-10)11(15)3-2-8-13-14-12/h4-7,11,15H,2-3,8H2,1H3. The van der Waals surface area contributed by atoms with Gasteiger partial charge in [0.1, 0.15) is 5.75 Å². The lowest BCUT2D eigenvalue weighted by atomic mass is 10.1. The third-order valence-electron chi connectivity index (χ3n) is 2.30. The maximum Gasteiger partial charge on any atom is 0.118 e. The third kappa shape index (κ3) is 3.81. The van der Waals surface area contributed by atoms with E-state index in [1.165, 1.54) is 0 Å². The topological polar surface area (TPSA) is 78.2 Å². The molecule has 1 rings (SSSR count). The molecule has 0 saturated carbocycles. The lowest BCUT2D eigenvalue weighted by molar-refractivity contribution is 0.165. The highest BCUT2D eigenvalue weighted by Crippen LogP contribution is 2.20. The molecule has 0 aliphatic rings. The number of hydrogen-bond donors (Lipinski definition) is 1. The number of azide groups is 1. The summed E-state index contributed by atoms with van der Waals surface area (Å²) in [4.78, 5) is 2.65. The molecule has 86 valence electrons. The molecule has 0 amide bonds. The van der Waals surface area contributed by atoms with Crippen LogP contribution in [0.5, 0.6) is 5.75 Å². The highest BCUT2D eigenvalue weighted by molar-refractivity contribution is 5.28. The zero-order valence-electron chi connectivity index (χ0n) is 9.21. The van der Waals surface area contributed by atoms with Crippen LogP contribution < -0.4 is 4.74 Å². The van der Waals surface area contributed by atoms with Gasteiger partial charge in [0.25, 0.3) is 0 Å². The van der Waals surface area contributed by atoms with Crippen molar-refractivity contribution in [3.05, 3.63) is 40.3 Å². The lowest BCUT2D eigenvalue weighted by Gasteiger charge is -2.10. The summed E-state index contributed by atoms with van der Waals surface area (Å²) >= 11 is 0. The van der Waals surface area contributed by atoms with Gasteiger partial charge in [0, 0.05) is 11.5 Å². The molecule has 0 radical (unpaired) electrons. The molecule has 0 aliphatic heterocycles. The molecule has 5 heteroatoms. The van der Waals surface area contributed by atoms with Gasteiger partial charge < -0.3 is 9.84 Å². The van der Waals surface area contributed by atoms with Crippen LogP contribution in [0.25, 0.3) is 10.4 Å². The van der Waals surface area contributed by atoms with Crippen molar-refractivity contribution in [2.75, 3.05) is 13.7 Å². The molecular formula is C11H15N3O2. The third-order valence-corrected chi connectivity index (χ3v) is 2.30. The van der Waals surface area contributed by atoms with Crippen LogP contribution in [-0.4, -0.2) is 18.8 Å². The maximum atomic E-state index is 9.81. The fourth-order valence-electron chi connectivity index (χ4n) is 1.39. The first-order valence-electron chi connectivity index (χ1n) is 5.11. The van der Waals surface area contributed by atoms with Crippen LogP contribution >= 0.6 is 0 Å². The minimum Gasteiger partial charge on any atom is -0.497 e. The Balaban J connectivity index is 2.45. The number of ether oxygens (including phenoxy) is 1. The predicted octanol–water partition coefficient (Wildman–Crippen LogP) is 2.82. The van der Waals surface area contributed by atoms with Crippen molar-refractivity contribution in [3.63, 3.8) is 0 Å². The molecule has 1 N–H and O–H groups in total. The van der Waals surface area contributed by atoms with Crippen LogP contribution in [-0.2, 0) is 0 Å². The van der Waals surface area contributed by atoms with Gasteiger partial charge in [-0.2, -0.15) is 0 Å². The van der Waals surface area contributed by atoms with Crippen molar-refractivity contribution < 1.29 is 9.84 Å². The van der Waals surface area contributed by atoms with Gasteiger partial charge in [-0.1, -0.05) is 17.2 Å². The van der Waals surface area contributed by atoms with E-state index in [1.54, 1.807) is 7.11 Å². The van der Waals surface area contributed by atoms with Gasteiger partial charge in [0.2, 0.25) is 0 Å². The summed E-state index contributed by atoms with van der Waals surface area (Å²) in [5, 5.41) is 13.2. The van der Waals surface area contributed by atoms with Crippen molar-refractivity contribution in [2.24, 2.45) is 5.11 Å². The largest absolute Gasteiger partial charge is 0.497 e. The second kappa shape index (κ2) is 6.71. The SMILES string of the molecule is COc1ccc(C(O)CCCN=[N+]=[N-])cc1. The molecule has 1 aromatic carbocycles. The van der Waals surface area contributed by atoms with Crippen LogP contribution in [0.15, 0.2) is 29.4 Å². The van der Waals surface area contributed by atoms with Crippen LogP contribution in [0.1, 0.15) is 24.5 Å². The quantitative estimate of drug-likeness (QED) is 0.347. The Hall–Kier alpha value is -1.71. The Bertz CT molecular complexity index is 358. The van der Waals surface area contributed by atoms with E-state index < -0.39 is 6.10 Å². The zero-order valence-corrected chi connectivity index (χ0v) is 9.21. The number of nitrogens with zero attached hydrogens (tertiary/aromatic N) is 3. The van der Waals surface area contributed by atoms with E-state index in [9.17, 15) is 5.11 Å². The number of benzene rings is 1. The Morgan fingerprint density at radius 3 is 2.69 bits per heavy atom. The first-order valence-corrected chi connectivity index (χ1v) is 5.11. The fraction of sp³-hybridized carbons (Fsp3) is 0.455. The molecule has 0 saturated heterocycles. The van der Waals surface area contributed by atoms with Crippen molar-refractivity contribution in [3.8, 4) is 5.75 Å². The van der Waals surface area contributed by atoms with E-state index in [4.69, 9.17) is 10.3 Å². The molecule has 1 aromatic rings. The van der Waals surface area contributed by atoms with Crippen molar-refractivity contribution >= 4 is 0 Å². The van der Waals surface area contributed by atoms with Crippen molar-refractivity contribution in [1.82, 2.24) is 0 Å². The Morgan fingerprint density at radius 1 is 1.44 bits per heavy atom. The summed E-state index contributed by atoms with van der Waals surface area (Å²) in [6.07, 6.45) is 0.752. The van der Waals surface area contributed by atoms with Gasteiger partial charge >= 0.3 is 0 Å². The Morgan fingerprint density at radius 2 is 2.12 bits per heavy atom. The maximum absolute atomic E-state index is 9.81. The van der Waals surface area contributed by atoms with E-state index in [0.29, 0.717) is 19.4 Å². The minimum atomic E-state index is -0.514. The van der Waals surface area contributed by atoms with Crippen LogP contribution in [0.3, 0.4) is 0 Å². The van der Waals surface area contributed by atoms with Crippen LogP contribution in [0.2, 0.25) is 0 Å². The van der Waals surface area contributed by atoms with Crippen molar-refractivity contribution in [2.45, 2.75) is 18.9 Å². The summed E-state index contributed by atoms with van der Waals surface area (Å²) in [6, 6.07) is 7.28. The fourth-order valence-corrected chi connectivity index (χ4v) is 1.39. The highest BCUT2D eigenvalue weighted by Gasteiger charge is 2.06. The molecule has 0 aromatic heterocycles. The van der Waals surface area contributed by atoms with Gasteiger partial charge in [0.05, 0.1) is 13.2 Å². The zero-order chi connectivity index (χ0) is 11.8. The average molecular weight is 221 g/mol. The van der Waals surface area contributed by atoms with Gasteiger partial charge in [0.15, 0.2) is 0 Å². The highest BCUT2D eigenvalue weighted by atomic mass is 16.5. The normalized spacial score (nSPS) is 11.6. The molecule has 0 spiro atoms. The molecule has 16 heavy (non-hydrogen) atoms. The predicted molar refractivity (Wildman–Crippen MR) is 61.2 cm³/mol. The molecule has 0 heterocycles. The van der Waals surface area contributed by atoms with Gasteiger partial charge in [-0.05, 0) is 36.1 Å². The summed E-state index contributed by atoms with van der Waals surface area (Å²) in [5.41, 5.74) is 8.94. The van der Waals surface area contributed by atoms with Gasteiger partial charge in [-0.15, -0.1) is 0 Å². The number of methoxy groups -OCH3 is 1. The Labute approximate surface area is 94.3 Å².